The Kier molecular flexibility index (Phi) is 3.78. The molecule has 2 aliphatic rings. The van der Waals surface area contributed by atoms with Gasteiger partial charge in [0.2, 0.25) is 0 Å². The van der Waals surface area contributed by atoms with Gasteiger partial charge in [0.15, 0.2) is 5.82 Å². The van der Waals surface area contributed by atoms with E-state index >= 15 is 0 Å². The van der Waals surface area contributed by atoms with E-state index in [1.807, 2.05) is 12.4 Å². The first-order chi connectivity index (χ1) is 11.3. The van der Waals surface area contributed by atoms with Crippen LogP contribution in [0.3, 0.4) is 0 Å². The number of aromatic nitrogens is 4. The second-order valence-electron chi connectivity index (χ2n) is 6.19. The average Bonchev–Trinajstić information content (AvgIpc) is 3.09. The van der Waals surface area contributed by atoms with Crippen molar-refractivity contribution in [2.75, 3.05) is 13.1 Å². The molecule has 7 nitrogen and oxygen atoms in total. The lowest BCUT2D eigenvalue weighted by Gasteiger charge is -2.27. The molecule has 0 fully saturated rings. The van der Waals surface area contributed by atoms with Crippen molar-refractivity contribution < 1.29 is 0 Å². The molecule has 2 aliphatic heterocycles. The highest BCUT2D eigenvalue weighted by Gasteiger charge is 2.22. The molecule has 0 aromatic carbocycles. The first-order valence-corrected chi connectivity index (χ1v) is 8.15. The van der Waals surface area contributed by atoms with Crippen LogP contribution in [-0.2, 0) is 19.5 Å². The average molecular weight is 312 g/mol. The summed E-state index contributed by atoms with van der Waals surface area (Å²) in [6, 6.07) is 0. The van der Waals surface area contributed by atoms with Crippen LogP contribution in [0.15, 0.2) is 22.2 Å². The highest BCUT2D eigenvalue weighted by molar-refractivity contribution is 5.97. The molecule has 0 radical (unpaired) electrons. The predicted molar refractivity (Wildman–Crippen MR) is 86.5 cm³/mol. The fraction of sp³-hybridized carbons (Fsp3) is 0.500. The van der Waals surface area contributed by atoms with E-state index in [0.717, 1.165) is 67.9 Å². The maximum Gasteiger partial charge on any atom is 0.255 e. The zero-order valence-corrected chi connectivity index (χ0v) is 13.0. The van der Waals surface area contributed by atoms with E-state index in [1.165, 1.54) is 0 Å². The topological polar surface area (TPSA) is 90.0 Å². The summed E-state index contributed by atoms with van der Waals surface area (Å²) in [6.07, 6.45) is 7.68. The van der Waals surface area contributed by atoms with Crippen LogP contribution < -0.4 is 5.56 Å². The normalized spacial score (nSPS) is 18.5. The number of fused-ring (bicyclic) bond motifs is 1. The number of aliphatic imine (C=N–C) groups is 1. The van der Waals surface area contributed by atoms with Crippen LogP contribution in [0.1, 0.15) is 41.9 Å². The van der Waals surface area contributed by atoms with Crippen molar-refractivity contribution in [1.29, 1.82) is 0 Å². The van der Waals surface area contributed by atoms with Crippen LogP contribution in [0.4, 0.5) is 0 Å². The maximum atomic E-state index is 12.5. The molecule has 0 aliphatic carbocycles. The third-order valence-electron chi connectivity index (χ3n) is 4.51. The fourth-order valence-corrected chi connectivity index (χ4v) is 3.27. The third kappa shape index (κ3) is 2.96. The predicted octanol–water partition coefficient (Wildman–Crippen LogP) is 1.02. The van der Waals surface area contributed by atoms with Crippen molar-refractivity contribution in [3.05, 3.63) is 45.4 Å². The Hall–Kier alpha value is -2.28. The molecule has 0 unspecified atom stereocenters. The summed E-state index contributed by atoms with van der Waals surface area (Å²) in [4.78, 5) is 26.9. The van der Waals surface area contributed by atoms with Crippen molar-refractivity contribution in [1.82, 2.24) is 25.1 Å². The number of hydrogen-bond acceptors (Lipinski definition) is 5. The van der Waals surface area contributed by atoms with E-state index in [4.69, 9.17) is 4.98 Å². The first-order valence-electron chi connectivity index (χ1n) is 8.15. The zero-order chi connectivity index (χ0) is 15.6. The minimum absolute atomic E-state index is 0.0184. The Morgan fingerprint density at radius 3 is 3.00 bits per heavy atom. The number of nitrogens with one attached hydrogen (secondary N) is 2. The van der Waals surface area contributed by atoms with Crippen molar-refractivity contribution in [3.63, 3.8) is 0 Å². The standard InChI is InChI=1S/C16H20N6O/c23-16-12-10-22(9-11-7-18-19-8-11)6-4-13(12)20-15(21-16)14-3-1-2-5-17-14/h7-8H,1-6,9-10H2,(H,18,19)(H,20,21,23). The smallest absolute Gasteiger partial charge is 0.255 e. The summed E-state index contributed by atoms with van der Waals surface area (Å²) < 4.78 is 0. The van der Waals surface area contributed by atoms with Crippen molar-refractivity contribution in [2.45, 2.75) is 38.8 Å². The number of nitrogens with zero attached hydrogens (tertiary/aromatic N) is 4. The Labute approximate surface area is 133 Å². The van der Waals surface area contributed by atoms with Gasteiger partial charge in [-0.05, 0) is 19.3 Å². The highest BCUT2D eigenvalue weighted by Crippen LogP contribution is 2.17. The molecular formula is C16H20N6O. The Morgan fingerprint density at radius 2 is 2.22 bits per heavy atom. The van der Waals surface area contributed by atoms with Gasteiger partial charge in [0, 0.05) is 44.4 Å². The molecule has 7 heteroatoms. The molecule has 0 saturated carbocycles. The molecule has 0 spiro atoms. The summed E-state index contributed by atoms with van der Waals surface area (Å²) in [7, 11) is 0. The maximum absolute atomic E-state index is 12.5. The Morgan fingerprint density at radius 1 is 1.26 bits per heavy atom. The van der Waals surface area contributed by atoms with Crippen LogP contribution in [-0.4, -0.2) is 43.9 Å². The lowest BCUT2D eigenvalue weighted by molar-refractivity contribution is 0.241. The van der Waals surface area contributed by atoms with Crippen molar-refractivity contribution >= 4 is 5.71 Å². The molecular weight excluding hydrogens is 292 g/mol. The molecule has 2 N–H and O–H groups in total. The highest BCUT2D eigenvalue weighted by atomic mass is 16.1. The summed E-state index contributed by atoms with van der Waals surface area (Å²) in [6.45, 7) is 3.18. The molecule has 4 heterocycles. The lowest BCUT2D eigenvalue weighted by atomic mass is 10.0. The summed E-state index contributed by atoms with van der Waals surface area (Å²) in [5.41, 5.74) is 3.79. The SMILES string of the molecule is O=c1[nH]c(C2=NCCCC2)nc2c1CN(Cc1cn[nH]c1)CC2. The Bertz CT molecular complexity index is 776. The number of rotatable bonds is 3. The van der Waals surface area contributed by atoms with Gasteiger partial charge in [-0.1, -0.05) is 0 Å². The van der Waals surface area contributed by atoms with Gasteiger partial charge in [0.05, 0.1) is 23.2 Å². The molecule has 2 aromatic heterocycles. The van der Waals surface area contributed by atoms with Gasteiger partial charge >= 0.3 is 0 Å². The van der Waals surface area contributed by atoms with Gasteiger partial charge in [-0.25, -0.2) is 4.98 Å². The van der Waals surface area contributed by atoms with Crippen molar-refractivity contribution in [2.24, 2.45) is 4.99 Å². The molecule has 23 heavy (non-hydrogen) atoms. The number of aromatic amines is 2. The number of H-pyrrole nitrogens is 2. The van der Waals surface area contributed by atoms with Gasteiger partial charge in [0.25, 0.3) is 5.56 Å². The minimum atomic E-state index is -0.0184. The molecule has 0 saturated heterocycles. The molecule has 0 atom stereocenters. The molecule has 4 rings (SSSR count). The molecule has 0 bridgehead atoms. The van der Waals surface area contributed by atoms with Crippen molar-refractivity contribution in [3.8, 4) is 0 Å². The largest absolute Gasteiger partial charge is 0.305 e. The quantitative estimate of drug-likeness (QED) is 0.885. The van der Waals surface area contributed by atoms with Gasteiger partial charge in [0.1, 0.15) is 0 Å². The monoisotopic (exact) mass is 312 g/mol. The van der Waals surface area contributed by atoms with E-state index in [0.29, 0.717) is 12.4 Å². The summed E-state index contributed by atoms with van der Waals surface area (Å²) in [5, 5.41) is 6.79. The van der Waals surface area contributed by atoms with E-state index in [-0.39, 0.29) is 5.56 Å². The van der Waals surface area contributed by atoms with E-state index in [9.17, 15) is 4.79 Å². The molecule has 2 aromatic rings. The summed E-state index contributed by atoms with van der Waals surface area (Å²) >= 11 is 0. The van der Waals surface area contributed by atoms with Gasteiger partial charge in [-0.2, -0.15) is 5.10 Å². The van der Waals surface area contributed by atoms with Crippen LogP contribution >= 0.6 is 0 Å². The Balaban J connectivity index is 1.58. The lowest BCUT2D eigenvalue weighted by Crippen LogP contribution is -2.36. The third-order valence-corrected chi connectivity index (χ3v) is 4.51. The van der Waals surface area contributed by atoms with E-state index in [2.05, 4.69) is 25.1 Å². The second-order valence-corrected chi connectivity index (χ2v) is 6.19. The zero-order valence-electron chi connectivity index (χ0n) is 13.0. The van der Waals surface area contributed by atoms with E-state index in [1.54, 1.807) is 0 Å². The molecule has 0 amide bonds. The fourth-order valence-electron chi connectivity index (χ4n) is 3.27. The second kappa shape index (κ2) is 6.08. The van der Waals surface area contributed by atoms with Crippen LogP contribution in [0.5, 0.6) is 0 Å². The number of hydrogen-bond donors (Lipinski definition) is 2. The van der Waals surface area contributed by atoms with Gasteiger partial charge in [-0.3, -0.25) is 19.8 Å². The van der Waals surface area contributed by atoms with Gasteiger partial charge < -0.3 is 4.98 Å². The van der Waals surface area contributed by atoms with E-state index < -0.39 is 0 Å². The van der Waals surface area contributed by atoms with Gasteiger partial charge in [-0.15, -0.1) is 0 Å². The summed E-state index contributed by atoms with van der Waals surface area (Å²) in [5.74, 6) is 0.678. The molecule has 120 valence electrons. The first kappa shape index (κ1) is 14.3. The van der Waals surface area contributed by atoms with Crippen LogP contribution in [0.25, 0.3) is 0 Å². The minimum Gasteiger partial charge on any atom is -0.305 e. The van der Waals surface area contributed by atoms with Crippen LogP contribution in [0.2, 0.25) is 0 Å². The van der Waals surface area contributed by atoms with Crippen LogP contribution in [0, 0.1) is 0 Å².